The van der Waals surface area contributed by atoms with E-state index in [-0.39, 0.29) is 11.0 Å². The Kier molecular flexibility index (Phi) is 4.55. The SMILES string of the molecule is CC(C)(C)OC(=O)N1CCN(C2([N+](=O)[O-])C=CC=CC2)CC1. The van der Waals surface area contributed by atoms with E-state index in [1.54, 1.807) is 17.1 Å². The number of nitro groups is 1. The standard InChI is InChI=1S/C15H23N3O4/c1-14(2,3)22-13(19)16-9-11-17(12-10-16)15(18(20)21)7-5-4-6-8-15/h4-7H,8-12H2,1-3H3. The second-order valence-corrected chi connectivity index (χ2v) is 6.58. The monoisotopic (exact) mass is 309 g/mol. The van der Waals surface area contributed by atoms with E-state index >= 15 is 0 Å². The van der Waals surface area contributed by atoms with Crippen LogP contribution >= 0.6 is 0 Å². The Morgan fingerprint density at radius 1 is 1.23 bits per heavy atom. The van der Waals surface area contributed by atoms with Gasteiger partial charge in [-0.3, -0.25) is 10.1 Å². The van der Waals surface area contributed by atoms with Crippen molar-refractivity contribution in [3.63, 3.8) is 0 Å². The molecule has 0 aromatic carbocycles. The molecule has 2 aliphatic rings. The minimum atomic E-state index is -1.19. The number of rotatable bonds is 2. The molecule has 0 N–H and O–H groups in total. The molecule has 122 valence electrons. The van der Waals surface area contributed by atoms with Crippen LogP contribution < -0.4 is 0 Å². The van der Waals surface area contributed by atoms with Gasteiger partial charge in [-0.15, -0.1) is 0 Å². The lowest BCUT2D eigenvalue weighted by atomic mass is 9.98. The Balaban J connectivity index is 1.99. The summed E-state index contributed by atoms with van der Waals surface area (Å²) in [6.45, 7) is 7.24. The lowest BCUT2D eigenvalue weighted by molar-refractivity contribution is -0.586. The average molecular weight is 309 g/mol. The highest BCUT2D eigenvalue weighted by Gasteiger charge is 2.47. The van der Waals surface area contributed by atoms with Crippen LogP contribution in [0.2, 0.25) is 0 Å². The molecule has 0 radical (unpaired) electrons. The van der Waals surface area contributed by atoms with Gasteiger partial charge in [0.1, 0.15) is 5.60 Å². The molecule has 1 atom stereocenters. The molecule has 0 saturated carbocycles. The van der Waals surface area contributed by atoms with Crippen LogP contribution in [0.3, 0.4) is 0 Å². The second-order valence-electron chi connectivity index (χ2n) is 6.58. The third-order valence-electron chi connectivity index (χ3n) is 3.82. The normalized spacial score (nSPS) is 26.0. The minimum Gasteiger partial charge on any atom is -0.444 e. The highest BCUT2D eigenvalue weighted by molar-refractivity contribution is 5.68. The molecule has 7 nitrogen and oxygen atoms in total. The van der Waals surface area contributed by atoms with Crippen molar-refractivity contribution in [1.29, 1.82) is 0 Å². The molecule has 0 spiro atoms. The van der Waals surface area contributed by atoms with Crippen molar-refractivity contribution in [1.82, 2.24) is 9.80 Å². The van der Waals surface area contributed by atoms with Crippen molar-refractivity contribution >= 4 is 6.09 Å². The molecule has 1 heterocycles. The fourth-order valence-electron chi connectivity index (χ4n) is 2.69. The summed E-state index contributed by atoms with van der Waals surface area (Å²) in [4.78, 5) is 26.8. The van der Waals surface area contributed by atoms with Crippen molar-refractivity contribution in [3.05, 3.63) is 34.4 Å². The zero-order valence-corrected chi connectivity index (χ0v) is 13.3. The summed E-state index contributed by atoms with van der Waals surface area (Å²) in [5, 5.41) is 11.6. The van der Waals surface area contributed by atoms with Gasteiger partial charge in [0.05, 0.1) is 6.42 Å². The highest BCUT2D eigenvalue weighted by atomic mass is 16.6. The molecule has 1 aliphatic carbocycles. The molecule has 1 aliphatic heterocycles. The molecule has 7 heteroatoms. The van der Waals surface area contributed by atoms with E-state index in [1.807, 2.05) is 37.8 Å². The van der Waals surface area contributed by atoms with Crippen LogP contribution in [0, 0.1) is 10.1 Å². The lowest BCUT2D eigenvalue weighted by Crippen LogP contribution is -2.60. The van der Waals surface area contributed by atoms with E-state index in [4.69, 9.17) is 4.74 Å². The van der Waals surface area contributed by atoms with Gasteiger partial charge in [-0.05, 0) is 20.8 Å². The van der Waals surface area contributed by atoms with Gasteiger partial charge in [-0.25, -0.2) is 9.69 Å². The van der Waals surface area contributed by atoms with Crippen molar-refractivity contribution in [2.24, 2.45) is 0 Å². The van der Waals surface area contributed by atoms with Crippen LogP contribution in [-0.2, 0) is 4.74 Å². The first kappa shape index (κ1) is 16.5. The van der Waals surface area contributed by atoms with Gasteiger partial charge in [0.25, 0.3) is 5.66 Å². The van der Waals surface area contributed by atoms with Crippen molar-refractivity contribution < 1.29 is 14.5 Å². The summed E-state index contributed by atoms with van der Waals surface area (Å²) in [7, 11) is 0. The lowest BCUT2D eigenvalue weighted by Gasteiger charge is -2.40. The maximum Gasteiger partial charge on any atom is 0.410 e. The summed E-state index contributed by atoms with van der Waals surface area (Å²) in [6.07, 6.45) is 6.97. The summed E-state index contributed by atoms with van der Waals surface area (Å²) in [6, 6.07) is 0. The first-order valence-corrected chi connectivity index (χ1v) is 7.46. The summed E-state index contributed by atoms with van der Waals surface area (Å²) in [5.74, 6) is 0. The van der Waals surface area contributed by atoms with E-state index in [1.165, 1.54) is 0 Å². The number of carbonyl (C=O) groups excluding carboxylic acids is 1. The predicted molar refractivity (Wildman–Crippen MR) is 82.0 cm³/mol. The fourth-order valence-corrected chi connectivity index (χ4v) is 2.69. The summed E-state index contributed by atoms with van der Waals surface area (Å²) >= 11 is 0. The van der Waals surface area contributed by atoms with Crippen molar-refractivity contribution in [2.45, 2.75) is 38.5 Å². The summed E-state index contributed by atoms with van der Waals surface area (Å²) in [5.41, 5.74) is -1.72. The molecule has 1 saturated heterocycles. The van der Waals surface area contributed by atoms with E-state index in [0.717, 1.165) is 0 Å². The Hall–Kier alpha value is -1.89. The van der Waals surface area contributed by atoms with E-state index < -0.39 is 11.3 Å². The van der Waals surface area contributed by atoms with Crippen LogP contribution in [0.25, 0.3) is 0 Å². The smallest absolute Gasteiger partial charge is 0.410 e. The Morgan fingerprint density at radius 3 is 2.32 bits per heavy atom. The molecule has 0 aromatic rings. The number of ether oxygens (including phenoxy) is 1. The number of amides is 1. The molecule has 0 bridgehead atoms. The Morgan fingerprint density at radius 2 is 1.86 bits per heavy atom. The van der Waals surface area contributed by atoms with Crippen molar-refractivity contribution in [2.75, 3.05) is 26.2 Å². The zero-order chi connectivity index (χ0) is 16.4. The number of nitrogens with zero attached hydrogens (tertiary/aromatic N) is 3. The molecule has 0 aromatic heterocycles. The van der Waals surface area contributed by atoms with E-state index in [0.29, 0.717) is 32.6 Å². The number of hydrogen-bond donors (Lipinski definition) is 0. The summed E-state index contributed by atoms with van der Waals surface area (Å²) < 4.78 is 5.34. The quantitative estimate of drug-likeness (QED) is 0.576. The van der Waals surface area contributed by atoms with E-state index in [9.17, 15) is 14.9 Å². The Labute approximate surface area is 130 Å². The largest absolute Gasteiger partial charge is 0.444 e. The maximum absolute atomic E-state index is 12.0. The highest BCUT2D eigenvalue weighted by Crippen LogP contribution is 2.27. The topological polar surface area (TPSA) is 75.9 Å². The van der Waals surface area contributed by atoms with Gasteiger partial charge in [-0.2, -0.15) is 0 Å². The third kappa shape index (κ3) is 3.47. The minimum absolute atomic E-state index is 0.240. The van der Waals surface area contributed by atoms with Crippen LogP contribution in [0.15, 0.2) is 24.3 Å². The third-order valence-corrected chi connectivity index (χ3v) is 3.82. The molecule has 22 heavy (non-hydrogen) atoms. The molecule has 1 fully saturated rings. The van der Waals surface area contributed by atoms with Crippen LogP contribution in [-0.4, -0.2) is 58.3 Å². The van der Waals surface area contributed by atoms with Crippen LogP contribution in [0.4, 0.5) is 4.79 Å². The zero-order valence-electron chi connectivity index (χ0n) is 13.3. The van der Waals surface area contributed by atoms with Gasteiger partial charge >= 0.3 is 6.09 Å². The molecule has 1 amide bonds. The number of hydrogen-bond acceptors (Lipinski definition) is 5. The van der Waals surface area contributed by atoms with Crippen molar-refractivity contribution in [3.8, 4) is 0 Å². The van der Waals surface area contributed by atoms with Gasteiger partial charge in [0, 0.05) is 37.2 Å². The average Bonchev–Trinajstić information content (AvgIpc) is 2.46. The molecule has 2 rings (SSSR count). The molecular formula is C15H23N3O4. The van der Waals surface area contributed by atoms with E-state index in [2.05, 4.69) is 0 Å². The van der Waals surface area contributed by atoms with Gasteiger partial charge < -0.3 is 9.64 Å². The van der Waals surface area contributed by atoms with Gasteiger partial charge in [0.2, 0.25) is 0 Å². The van der Waals surface area contributed by atoms with Crippen LogP contribution in [0.1, 0.15) is 27.2 Å². The molecule has 1 unspecified atom stereocenters. The fraction of sp³-hybridized carbons (Fsp3) is 0.667. The number of piperazine rings is 1. The first-order valence-electron chi connectivity index (χ1n) is 7.46. The predicted octanol–water partition coefficient (Wildman–Crippen LogP) is 2.03. The maximum atomic E-state index is 12.0. The van der Waals surface area contributed by atoms with Gasteiger partial charge in [-0.1, -0.05) is 18.2 Å². The Bertz CT molecular complexity index is 501. The number of carbonyl (C=O) groups is 1. The molecular weight excluding hydrogens is 286 g/mol. The first-order chi connectivity index (χ1) is 10.2. The second kappa shape index (κ2) is 6.08. The van der Waals surface area contributed by atoms with Crippen LogP contribution in [0.5, 0.6) is 0 Å². The number of allylic oxidation sites excluding steroid dienone is 2. The van der Waals surface area contributed by atoms with Gasteiger partial charge in [0.15, 0.2) is 0 Å².